The first-order chi connectivity index (χ1) is 11.9. The number of hydrogen-bond donors (Lipinski definition) is 1. The van der Waals surface area contributed by atoms with Gasteiger partial charge in [0, 0.05) is 12.1 Å². The number of aromatic nitrogens is 4. The molecule has 1 amide bonds. The smallest absolute Gasteiger partial charge is 0.277 e. The number of benzene rings is 1. The second kappa shape index (κ2) is 7.16. The van der Waals surface area contributed by atoms with Crippen molar-refractivity contribution in [2.45, 2.75) is 13.7 Å². The first-order valence-corrected chi connectivity index (χ1v) is 8.11. The lowest BCUT2D eigenvalue weighted by Gasteiger charge is -2.06. The van der Waals surface area contributed by atoms with Gasteiger partial charge in [-0.25, -0.2) is 4.68 Å². The second-order valence-corrected chi connectivity index (χ2v) is 6.14. The van der Waals surface area contributed by atoms with Crippen LogP contribution in [0.5, 0.6) is 5.75 Å². The predicted octanol–water partition coefficient (Wildman–Crippen LogP) is 3.52. The first kappa shape index (κ1) is 17.3. The fourth-order valence-corrected chi connectivity index (χ4v) is 2.54. The molecule has 0 saturated heterocycles. The summed E-state index contributed by atoms with van der Waals surface area (Å²) in [6.45, 7) is 1.97. The van der Waals surface area contributed by atoms with E-state index in [2.05, 4.69) is 15.5 Å². The molecule has 2 heterocycles. The summed E-state index contributed by atoms with van der Waals surface area (Å²) in [7, 11) is 1.73. The molecule has 0 aliphatic carbocycles. The molecule has 0 aliphatic rings. The number of anilines is 1. The Hall–Kier alpha value is -2.51. The fraction of sp³-hybridized carbons (Fsp3) is 0.188. The average molecular weight is 380 g/mol. The molecule has 9 heteroatoms. The number of amides is 1. The standard InChI is InChI=1S/C16H15Cl2N5O2/c1-10-14(18)15(21-22(10)2)16(24)20-12-7-19-23(8-12)9-25-13-5-3-4-11(17)6-13/h3-8H,9H2,1-2H3,(H,20,24). The lowest BCUT2D eigenvalue weighted by atomic mass is 10.3. The van der Waals surface area contributed by atoms with Crippen LogP contribution in [0.15, 0.2) is 36.7 Å². The number of nitrogens with zero attached hydrogens (tertiary/aromatic N) is 4. The van der Waals surface area contributed by atoms with E-state index in [0.717, 1.165) is 5.69 Å². The zero-order valence-corrected chi connectivity index (χ0v) is 15.0. The van der Waals surface area contributed by atoms with Gasteiger partial charge in [-0.2, -0.15) is 10.2 Å². The maximum absolute atomic E-state index is 12.3. The van der Waals surface area contributed by atoms with Gasteiger partial charge in [-0.3, -0.25) is 9.48 Å². The van der Waals surface area contributed by atoms with E-state index in [1.807, 2.05) is 0 Å². The van der Waals surface area contributed by atoms with E-state index >= 15 is 0 Å². The Bertz CT molecular complexity index is 919. The van der Waals surface area contributed by atoms with Crippen molar-refractivity contribution >= 4 is 34.8 Å². The van der Waals surface area contributed by atoms with Crippen LogP contribution in [-0.2, 0) is 13.8 Å². The number of rotatable bonds is 5. The van der Waals surface area contributed by atoms with Crippen LogP contribution in [-0.4, -0.2) is 25.5 Å². The van der Waals surface area contributed by atoms with Gasteiger partial charge in [-0.15, -0.1) is 0 Å². The molecule has 0 aliphatic heterocycles. The number of ether oxygens (including phenoxy) is 1. The Labute approximate surface area is 154 Å². The number of carbonyl (C=O) groups is 1. The maximum Gasteiger partial charge on any atom is 0.277 e. The molecular formula is C16H15Cl2N5O2. The monoisotopic (exact) mass is 379 g/mol. The van der Waals surface area contributed by atoms with Crippen molar-refractivity contribution in [1.29, 1.82) is 0 Å². The van der Waals surface area contributed by atoms with E-state index in [-0.39, 0.29) is 12.4 Å². The highest BCUT2D eigenvalue weighted by molar-refractivity contribution is 6.34. The first-order valence-electron chi connectivity index (χ1n) is 7.35. The molecule has 0 fully saturated rings. The Morgan fingerprint density at radius 3 is 2.84 bits per heavy atom. The van der Waals surface area contributed by atoms with Crippen molar-refractivity contribution in [2.24, 2.45) is 7.05 Å². The summed E-state index contributed by atoms with van der Waals surface area (Å²) >= 11 is 12.0. The molecule has 7 nitrogen and oxygen atoms in total. The maximum atomic E-state index is 12.3. The molecule has 1 N–H and O–H groups in total. The largest absolute Gasteiger partial charge is 0.471 e. The van der Waals surface area contributed by atoms with Crippen molar-refractivity contribution < 1.29 is 9.53 Å². The van der Waals surface area contributed by atoms with E-state index < -0.39 is 5.91 Å². The number of nitrogens with one attached hydrogen (secondary N) is 1. The molecule has 130 valence electrons. The van der Waals surface area contributed by atoms with Crippen LogP contribution >= 0.6 is 23.2 Å². The van der Waals surface area contributed by atoms with Crippen molar-refractivity contribution in [3.8, 4) is 5.75 Å². The zero-order chi connectivity index (χ0) is 18.0. The Morgan fingerprint density at radius 1 is 1.36 bits per heavy atom. The van der Waals surface area contributed by atoms with Crippen LogP contribution in [0.25, 0.3) is 0 Å². The Kier molecular flexibility index (Phi) is 4.96. The van der Waals surface area contributed by atoms with Crippen LogP contribution in [0, 0.1) is 6.92 Å². The molecule has 0 spiro atoms. The van der Waals surface area contributed by atoms with E-state index in [1.54, 1.807) is 53.8 Å². The lowest BCUT2D eigenvalue weighted by molar-refractivity contribution is 0.102. The zero-order valence-electron chi connectivity index (χ0n) is 13.5. The third kappa shape index (κ3) is 3.94. The van der Waals surface area contributed by atoms with E-state index in [4.69, 9.17) is 27.9 Å². The minimum absolute atomic E-state index is 0.171. The summed E-state index contributed by atoms with van der Waals surface area (Å²) in [4.78, 5) is 12.3. The van der Waals surface area contributed by atoms with Crippen LogP contribution < -0.4 is 10.1 Å². The highest BCUT2D eigenvalue weighted by Crippen LogP contribution is 2.21. The highest BCUT2D eigenvalue weighted by atomic mass is 35.5. The predicted molar refractivity (Wildman–Crippen MR) is 95.2 cm³/mol. The van der Waals surface area contributed by atoms with Gasteiger partial charge in [0.2, 0.25) is 0 Å². The molecule has 1 aromatic carbocycles. The Balaban J connectivity index is 1.63. The van der Waals surface area contributed by atoms with Crippen LogP contribution in [0.1, 0.15) is 16.2 Å². The number of carbonyl (C=O) groups excluding carboxylic acids is 1. The normalized spacial score (nSPS) is 10.7. The molecule has 0 bridgehead atoms. The molecule has 0 radical (unpaired) electrons. The molecule has 0 saturated carbocycles. The van der Waals surface area contributed by atoms with Gasteiger partial charge in [-0.05, 0) is 25.1 Å². The van der Waals surface area contributed by atoms with Gasteiger partial charge >= 0.3 is 0 Å². The molecule has 2 aromatic heterocycles. The van der Waals surface area contributed by atoms with Gasteiger partial charge in [0.25, 0.3) is 5.91 Å². The minimum Gasteiger partial charge on any atom is -0.471 e. The molecule has 3 rings (SSSR count). The van der Waals surface area contributed by atoms with Gasteiger partial charge in [0.1, 0.15) is 5.75 Å². The quantitative estimate of drug-likeness (QED) is 0.735. The van der Waals surface area contributed by atoms with Crippen LogP contribution in [0.4, 0.5) is 5.69 Å². The van der Waals surface area contributed by atoms with E-state index in [9.17, 15) is 4.79 Å². The highest BCUT2D eigenvalue weighted by Gasteiger charge is 2.18. The summed E-state index contributed by atoms with van der Waals surface area (Å²) < 4.78 is 8.68. The molecule has 0 atom stereocenters. The van der Waals surface area contributed by atoms with E-state index in [0.29, 0.717) is 21.5 Å². The second-order valence-electron chi connectivity index (χ2n) is 5.33. The van der Waals surface area contributed by atoms with Crippen LogP contribution in [0.2, 0.25) is 10.0 Å². The molecule has 3 aromatic rings. The van der Waals surface area contributed by atoms with Gasteiger partial charge < -0.3 is 10.1 Å². The van der Waals surface area contributed by atoms with Crippen LogP contribution in [0.3, 0.4) is 0 Å². The summed E-state index contributed by atoms with van der Waals surface area (Å²) in [5.41, 5.74) is 1.40. The fourth-order valence-electron chi connectivity index (χ4n) is 2.11. The van der Waals surface area contributed by atoms with Crippen molar-refractivity contribution in [3.05, 3.63) is 58.1 Å². The summed E-state index contributed by atoms with van der Waals surface area (Å²) in [5.74, 6) is 0.230. The lowest BCUT2D eigenvalue weighted by Crippen LogP contribution is -2.13. The van der Waals surface area contributed by atoms with Gasteiger partial charge in [-0.1, -0.05) is 29.3 Å². The number of hydrogen-bond acceptors (Lipinski definition) is 4. The number of halogens is 2. The van der Waals surface area contributed by atoms with Crippen molar-refractivity contribution in [3.63, 3.8) is 0 Å². The topological polar surface area (TPSA) is 74.0 Å². The average Bonchev–Trinajstić information content (AvgIpc) is 3.13. The third-order valence-electron chi connectivity index (χ3n) is 3.53. The summed E-state index contributed by atoms with van der Waals surface area (Å²) in [5, 5.41) is 11.9. The van der Waals surface area contributed by atoms with Crippen molar-refractivity contribution in [2.75, 3.05) is 5.32 Å². The van der Waals surface area contributed by atoms with E-state index in [1.165, 1.54) is 6.20 Å². The minimum atomic E-state index is -0.399. The number of aryl methyl sites for hydroxylation is 1. The van der Waals surface area contributed by atoms with Gasteiger partial charge in [0.05, 0.1) is 28.8 Å². The SMILES string of the molecule is Cc1c(Cl)c(C(=O)Nc2cnn(COc3cccc(Cl)c3)c2)nn1C. The van der Waals surface area contributed by atoms with Crippen molar-refractivity contribution in [1.82, 2.24) is 19.6 Å². The van der Waals surface area contributed by atoms with Gasteiger partial charge in [0.15, 0.2) is 12.4 Å². The molecule has 0 unspecified atom stereocenters. The molecule has 25 heavy (non-hydrogen) atoms. The summed E-state index contributed by atoms with van der Waals surface area (Å²) in [6, 6.07) is 7.06. The third-order valence-corrected chi connectivity index (χ3v) is 4.21. The summed E-state index contributed by atoms with van der Waals surface area (Å²) in [6.07, 6.45) is 3.16. The molecular weight excluding hydrogens is 365 g/mol. The Morgan fingerprint density at radius 2 is 2.16 bits per heavy atom.